The lowest BCUT2D eigenvalue weighted by atomic mass is 10.00. The van der Waals surface area contributed by atoms with Gasteiger partial charge >= 0.3 is 0 Å². The van der Waals surface area contributed by atoms with E-state index in [9.17, 15) is 9.90 Å². The van der Waals surface area contributed by atoms with E-state index in [0.717, 1.165) is 17.1 Å². The van der Waals surface area contributed by atoms with E-state index in [4.69, 9.17) is 4.98 Å². The van der Waals surface area contributed by atoms with E-state index in [-0.39, 0.29) is 24.5 Å². The summed E-state index contributed by atoms with van der Waals surface area (Å²) in [5.41, 5.74) is 1.56. The second-order valence-electron chi connectivity index (χ2n) is 6.28. The third-order valence-electron chi connectivity index (χ3n) is 4.54. The van der Waals surface area contributed by atoms with E-state index in [1.165, 1.54) is 11.3 Å². The molecule has 0 saturated heterocycles. The molecule has 2 atom stereocenters. The van der Waals surface area contributed by atoms with Crippen LogP contribution in [0.1, 0.15) is 29.9 Å². The zero-order chi connectivity index (χ0) is 18.5. The number of benzene rings is 1. The largest absolute Gasteiger partial charge is 0.394 e. The highest BCUT2D eigenvalue weighted by molar-refractivity contribution is 7.16. The third kappa shape index (κ3) is 3.86. The van der Waals surface area contributed by atoms with Gasteiger partial charge in [-0.05, 0) is 18.1 Å². The Labute approximate surface area is 157 Å². The van der Waals surface area contributed by atoms with Crippen LogP contribution < -0.4 is 5.32 Å². The predicted octanol–water partition coefficient (Wildman–Crippen LogP) is 3.74. The van der Waals surface area contributed by atoms with Crippen molar-refractivity contribution in [2.24, 2.45) is 5.92 Å². The molecule has 2 N–H and O–H groups in total. The van der Waals surface area contributed by atoms with Crippen LogP contribution in [0, 0.1) is 5.92 Å². The number of rotatable bonds is 7. The fraction of sp³-hybridized carbons (Fsp3) is 0.300. The van der Waals surface area contributed by atoms with Crippen molar-refractivity contribution in [2.45, 2.75) is 26.3 Å². The number of aliphatic hydroxyl groups excluding tert-OH is 1. The molecule has 0 spiro atoms. The third-order valence-corrected chi connectivity index (χ3v) is 5.61. The summed E-state index contributed by atoms with van der Waals surface area (Å²) in [6.07, 6.45) is 4.70. The number of thiazole rings is 1. The monoisotopic (exact) mass is 369 g/mol. The maximum atomic E-state index is 13.0. The van der Waals surface area contributed by atoms with Gasteiger partial charge in [0, 0.05) is 18.0 Å². The molecule has 0 bridgehead atoms. The van der Waals surface area contributed by atoms with Gasteiger partial charge in [-0.3, -0.25) is 4.79 Å². The molecule has 3 rings (SSSR count). The Morgan fingerprint density at radius 2 is 1.92 bits per heavy atom. The molecule has 0 saturated carbocycles. The van der Waals surface area contributed by atoms with Gasteiger partial charge in [0.15, 0.2) is 5.13 Å². The molecule has 2 aromatic heterocycles. The van der Waals surface area contributed by atoms with Crippen molar-refractivity contribution < 1.29 is 9.90 Å². The molecule has 0 radical (unpaired) electrons. The van der Waals surface area contributed by atoms with Crippen LogP contribution in [-0.4, -0.2) is 33.2 Å². The van der Waals surface area contributed by atoms with E-state index in [2.05, 4.69) is 5.32 Å². The Balaban J connectivity index is 1.98. The summed E-state index contributed by atoms with van der Waals surface area (Å²) < 4.78 is 1.89. The molecule has 136 valence electrons. The van der Waals surface area contributed by atoms with Crippen LogP contribution in [0.5, 0.6) is 0 Å². The molecule has 1 amide bonds. The highest BCUT2D eigenvalue weighted by Gasteiger charge is 2.24. The molecule has 0 aliphatic rings. The van der Waals surface area contributed by atoms with Crippen molar-refractivity contribution in [1.82, 2.24) is 14.9 Å². The molecule has 0 aliphatic heterocycles. The van der Waals surface area contributed by atoms with E-state index in [0.29, 0.717) is 10.6 Å². The maximum Gasteiger partial charge on any atom is 0.264 e. The van der Waals surface area contributed by atoms with Gasteiger partial charge in [-0.15, -0.1) is 0 Å². The summed E-state index contributed by atoms with van der Waals surface area (Å²) in [5, 5.41) is 13.3. The fourth-order valence-corrected chi connectivity index (χ4v) is 3.67. The average Bonchev–Trinajstić information content (AvgIpc) is 3.35. The summed E-state index contributed by atoms with van der Waals surface area (Å²) in [6.45, 7) is 3.99. The minimum absolute atomic E-state index is 0.0787. The number of aromatic nitrogens is 2. The van der Waals surface area contributed by atoms with Crippen LogP contribution in [-0.2, 0) is 0 Å². The number of amides is 1. The zero-order valence-electron chi connectivity index (χ0n) is 14.9. The van der Waals surface area contributed by atoms with Gasteiger partial charge in [0.25, 0.3) is 5.91 Å². The van der Waals surface area contributed by atoms with Crippen molar-refractivity contribution >= 4 is 17.2 Å². The van der Waals surface area contributed by atoms with Crippen LogP contribution in [0.3, 0.4) is 0 Å². The Morgan fingerprint density at radius 3 is 2.54 bits per heavy atom. The van der Waals surface area contributed by atoms with E-state index >= 15 is 0 Å². The number of hydrogen-bond donors (Lipinski definition) is 2. The van der Waals surface area contributed by atoms with Crippen LogP contribution >= 0.6 is 11.3 Å². The van der Waals surface area contributed by atoms with Gasteiger partial charge in [-0.1, -0.05) is 61.9 Å². The van der Waals surface area contributed by atoms with Crippen molar-refractivity contribution in [3.05, 3.63) is 59.7 Å². The normalized spacial score (nSPS) is 13.3. The summed E-state index contributed by atoms with van der Waals surface area (Å²) >= 11 is 1.35. The quantitative estimate of drug-likeness (QED) is 0.667. The first-order valence-corrected chi connectivity index (χ1v) is 9.57. The molecular weight excluding hydrogens is 346 g/mol. The molecule has 5 nitrogen and oxygen atoms in total. The van der Waals surface area contributed by atoms with Crippen LogP contribution in [0.2, 0.25) is 0 Å². The number of carbonyl (C=O) groups is 1. The van der Waals surface area contributed by atoms with Crippen molar-refractivity contribution in [1.29, 1.82) is 0 Å². The van der Waals surface area contributed by atoms with E-state index in [1.807, 2.05) is 73.3 Å². The number of hydrogen-bond acceptors (Lipinski definition) is 4. The Hall–Kier alpha value is -2.44. The molecule has 3 aromatic rings. The van der Waals surface area contributed by atoms with Crippen LogP contribution in [0.25, 0.3) is 16.4 Å². The van der Waals surface area contributed by atoms with Gasteiger partial charge in [0.2, 0.25) is 0 Å². The van der Waals surface area contributed by atoms with Gasteiger partial charge in [0.05, 0.1) is 18.3 Å². The van der Waals surface area contributed by atoms with Gasteiger partial charge in [0.1, 0.15) is 4.88 Å². The minimum Gasteiger partial charge on any atom is -0.394 e. The maximum absolute atomic E-state index is 13.0. The second kappa shape index (κ2) is 8.29. The number of nitrogens with zero attached hydrogens (tertiary/aromatic N) is 2. The fourth-order valence-electron chi connectivity index (χ4n) is 2.71. The number of aliphatic hydroxyl groups is 1. The van der Waals surface area contributed by atoms with Crippen LogP contribution in [0.15, 0.2) is 54.9 Å². The first-order valence-electron chi connectivity index (χ1n) is 8.75. The average molecular weight is 369 g/mol. The number of nitrogens with one attached hydrogen (secondary N) is 1. The molecule has 2 heterocycles. The lowest BCUT2D eigenvalue weighted by Crippen LogP contribution is -2.41. The standard InChI is InChI=1S/C20H23N3O2S/c1-3-14(2)16(13-24)21-19(25)18-17(15-9-5-4-6-10-15)22-20(26-18)23-11-7-8-12-23/h4-12,14,16,24H,3,13H2,1-2H3,(H,21,25)/t14-,16+/m1/s1. The zero-order valence-corrected chi connectivity index (χ0v) is 15.7. The van der Waals surface area contributed by atoms with E-state index in [1.54, 1.807) is 0 Å². The summed E-state index contributed by atoms with van der Waals surface area (Å²) in [5.74, 6) is 0.0000695. The Kier molecular flexibility index (Phi) is 5.85. The smallest absolute Gasteiger partial charge is 0.264 e. The Bertz CT molecular complexity index is 843. The van der Waals surface area contributed by atoms with Crippen molar-refractivity contribution in [3.63, 3.8) is 0 Å². The first-order chi connectivity index (χ1) is 12.6. The number of carbonyl (C=O) groups excluding carboxylic acids is 1. The molecule has 0 unspecified atom stereocenters. The SMILES string of the molecule is CC[C@@H](C)[C@H](CO)NC(=O)c1sc(-n2cccc2)nc1-c1ccccc1. The van der Waals surface area contributed by atoms with Gasteiger partial charge in [-0.25, -0.2) is 4.98 Å². The Morgan fingerprint density at radius 1 is 1.23 bits per heavy atom. The minimum atomic E-state index is -0.270. The van der Waals surface area contributed by atoms with Crippen LogP contribution in [0.4, 0.5) is 0 Å². The molecule has 6 heteroatoms. The molecule has 0 aliphatic carbocycles. The van der Waals surface area contributed by atoms with Crippen molar-refractivity contribution in [3.8, 4) is 16.4 Å². The highest BCUT2D eigenvalue weighted by Crippen LogP contribution is 2.30. The molecular formula is C20H23N3O2S. The van der Waals surface area contributed by atoms with E-state index < -0.39 is 0 Å². The lowest BCUT2D eigenvalue weighted by molar-refractivity contribution is 0.0896. The topological polar surface area (TPSA) is 67.2 Å². The van der Waals surface area contributed by atoms with Crippen molar-refractivity contribution in [2.75, 3.05) is 6.61 Å². The highest BCUT2D eigenvalue weighted by atomic mass is 32.1. The van der Waals surface area contributed by atoms with Gasteiger partial charge < -0.3 is 15.0 Å². The second-order valence-corrected chi connectivity index (χ2v) is 7.26. The molecule has 26 heavy (non-hydrogen) atoms. The summed E-state index contributed by atoms with van der Waals surface area (Å²) in [4.78, 5) is 18.2. The first kappa shape index (κ1) is 18.4. The predicted molar refractivity (Wildman–Crippen MR) is 105 cm³/mol. The molecule has 0 fully saturated rings. The summed E-state index contributed by atoms with van der Waals surface area (Å²) in [6, 6.07) is 13.3. The summed E-state index contributed by atoms with van der Waals surface area (Å²) in [7, 11) is 0. The van der Waals surface area contributed by atoms with Gasteiger partial charge in [-0.2, -0.15) is 0 Å². The lowest BCUT2D eigenvalue weighted by Gasteiger charge is -2.21. The molecule has 1 aromatic carbocycles.